The van der Waals surface area contributed by atoms with Crippen molar-refractivity contribution < 1.29 is 18.3 Å². The third kappa shape index (κ3) is 6.96. The van der Waals surface area contributed by atoms with E-state index in [1.165, 1.54) is 11.8 Å². The average Bonchev–Trinajstić information content (AvgIpc) is 2.68. The van der Waals surface area contributed by atoms with E-state index in [0.717, 1.165) is 38.0 Å². The molecule has 1 aliphatic rings. The number of amides is 1. The summed E-state index contributed by atoms with van der Waals surface area (Å²) in [7, 11) is -3.14. The van der Waals surface area contributed by atoms with Gasteiger partial charge in [-0.05, 0) is 41.7 Å². The van der Waals surface area contributed by atoms with Gasteiger partial charge in [0.05, 0.1) is 11.9 Å². The summed E-state index contributed by atoms with van der Waals surface area (Å²) in [4.78, 5) is 14.7. The van der Waals surface area contributed by atoms with Crippen LogP contribution in [-0.2, 0) is 28.7 Å². The lowest BCUT2D eigenvalue weighted by Gasteiger charge is -2.29. The van der Waals surface area contributed by atoms with Crippen LogP contribution in [0.3, 0.4) is 0 Å². The van der Waals surface area contributed by atoms with E-state index < -0.39 is 9.84 Å². The van der Waals surface area contributed by atoms with Gasteiger partial charge >= 0.3 is 0 Å². The molecule has 0 aromatic heterocycles. The van der Waals surface area contributed by atoms with Crippen LogP contribution in [0.2, 0.25) is 0 Å². The van der Waals surface area contributed by atoms with Crippen LogP contribution in [0.4, 0.5) is 0 Å². The third-order valence-corrected chi connectivity index (χ3v) is 5.92. The number of nitrogens with one attached hydrogen (secondary N) is 1. The maximum absolute atomic E-state index is 12.4. The van der Waals surface area contributed by atoms with E-state index in [2.05, 4.69) is 22.3 Å². The smallest absolute Gasteiger partial charge is 0.251 e. The number of likely N-dealkylation sites (tertiary alicyclic amines) is 1. The van der Waals surface area contributed by atoms with Gasteiger partial charge in [-0.3, -0.25) is 9.69 Å². The largest absolute Gasteiger partial charge is 0.393 e. The van der Waals surface area contributed by atoms with Gasteiger partial charge in [-0.25, -0.2) is 8.42 Å². The molecule has 1 heterocycles. The second-order valence-corrected chi connectivity index (χ2v) is 9.92. The molecule has 6 nitrogen and oxygen atoms in total. The number of carbonyl (C=O) groups excluding carboxylic acids is 1. The molecule has 3 rings (SSSR count). The number of benzene rings is 2. The van der Waals surface area contributed by atoms with Crippen molar-refractivity contribution in [3.63, 3.8) is 0 Å². The van der Waals surface area contributed by atoms with Crippen molar-refractivity contribution in [2.45, 2.75) is 37.8 Å². The van der Waals surface area contributed by atoms with E-state index in [9.17, 15) is 18.3 Å². The van der Waals surface area contributed by atoms with Gasteiger partial charge in [0, 0.05) is 38.0 Å². The van der Waals surface area contributed by atoms with Crippen molar-refractivity contribution in [1.29, 1.82) is 0 Å². The van der Waals surface area contributed by atoms with Crippen LogP contribution in [0.5, 0.6) is 0 Å². The monoisotopic (exact) mass is 416 g/mol. The minimum absolute atomic E-state index is 0.0778. The van der Waals surface area contributed by atoms with E-state index in [1.807, 2.05) is 12.1 Å². The number of aliphatic hydroxyl groups is 1. The molecule has 29 heavy (non-hydrogen) atoms. The zero-order valence-electron chi connectivity index (χ0n) is 16.7. The lowest BCUT2D eigenvalue weighted by Crippen LogP contribution is -2.35. The summed E-state index contributed by atoms with van der Waals surface area (Å²) in [5, 5.41) is 12.5. The highest BCUT2D eigenvalue weighted by Crippen LogP contribution is 2.14. The highest BCUT2D eigenvalue weighted by Gasteiger charge is 2.16. The quantitative estimate of drug-likeness (QED) is 0.722. The molecule has 0 spiro atoms. The van der Waals surface area contributed by atoms with Crippen molar-refractivity contribution in [3.05, 3.63) is 70.8 Å². The summed E-state index contributed by atoms with van der Waals surface area (Å²) < 4.78 is 22.9. The number of hydrogen-bond donors (Lipinski definition) is 2. The summed E-state index contributed by atoms with van der Waals surface area (Å²) in [5.41, 5.74) is 3.28. The maximum Gasteiger partial charge on any atom is 0.251 e. The Morgan fingerprint density at radius 2 is 1.72 bits per heavy atom. The van der Waals surface area contributed by atoms with Crippen LogP contribution in [0.25, 0.3) is 0 Å². The van der Waals surface area contributed by atoms with Crippen molar-refractivity contribution in [2.75, 3.05) is 19.3 Å². The van der Waals surface area contributed by atoms with Crippen molar-refractivity contribution in [1.82, 2.24) is 10.2 Å². The summed E-state index contributed by atoms with van der Waals surface area (Å²) >= 11 is 0. The first-order chi connectivity index (χ1) is 13.8. The molecule has 2 N–H and O–H groups in total. The summed E-state index contributed by atoms with van der Waals surface area (Å²) in [6.07, 6.45) is 2.67. The fourth-order valence-corrected chi connectivity index (χ4v) is 4.27. The van der Waals surface area contributed by atoms with Gasteiger partial charge in [-0.2, -0.15) is 0 Å². The fraction of sp³-hybridized carbons (Fsp3) is 0.409. The van der Waals surface area contributed by atoms with E-state index >= 15 is 0 Å². The minimum Gasteiger partial charge on any atom is -0.393 e. The van der Waals surface area contributed by atoms with E-state index in [1.54, 1.807) is 24.3 Å². The molecule has 0 aliphatic carbocycles. The first-order valence-electron chi connectivity index (χ1n) is 9.81. The number of nitrogens with zero attached hydrogens (tertiary/aromatic N) is 1. The lowest BCUT2D eigenvalue weighted by molar-refractivity contribution is 0.0792. The van der Waals surface area contributed by atoms with Crippen molar-refractivity contribution in [2.24, 2.45) is 0 Å². The predicted molar refractivity (Wildman–Crippen MR) is 113 cm³/mol. The van der Waals surface area contributed by atoms with E-state index in [4.69, 9.17) is 0 Å². The SMILES string of the molecule is CS(=O)(=O)Cc1cccc(C(=O)NCc2ccc(CN3CCC(O)CC3)cc2)c1. The molecule has 1 fully saturated rings. The Morgan fingerprint density at radius 3 is 2.38 bits per heavy atom. The maximum atomic E-state index is 12.4. The molecule has 156 valence electrons. The zero-order valence-corrected chi connectivity index (χ0v) is 17.5. The highest BCUT2D eigenvalue weighted by atomic mass is 32.2. The first-order valence-corrected chi connectivity index (χ1v) is 11.9. The second kappa shape index (κ2) is 9.52. The number of hydrogen-bond acceptors (Lipinski definition) is 5. The Kier molecular flexibility index (Phi) is 7.05. The molecule has 1 aliphatic heterocycles. The second-order valence-electron chi connectivity index (χ2n) is 7.78. The molecule has 1 amide bonds. The van der Waals surface area contributed by atoms with Gasteiger partial charge in [0.1, 0.15) is 0 Å². The highest BCUT2D eigenvalue weighted by molar-refractivity contribution is 7.89. The fourth-order valence-electron chi connectivity index (χ4n) is 3.49. The lowest BCUT2D eigenvalue weighted by atomic mass is 10.1. The van der Waals surface area contributed by atoms with Crippen LogP contribution >= 0.6 is 0 Å². The van der Waals surface area contributed by atoms with Crippen LogP contribution < -0.4 is 5.32 Å². The number of rotatable bonds is 7. The number of piperidine rings is 1. The van der Waals surface area contributed by atoms with Crippen LogP contribution in [0.1, 0.15) is 39.9 Å². The Hall–Kier alpha value is -2.22. The van der Waals surface area contributed by atoms with Crippen molar-refractivity contribution >= 4 is 15.7 Å². The first kappa shape index (κ1) is 21.5. The molecular weight excluding hydrogens is 388 g/mol. The number of carbonyl (C=O) groups is 1. The third-order valence-electron chi connectivity index (χ3n) is 5.06. The molecule has 0 radical (unpaired) electrons. The van der Waals surface area contributed by atoms with E-state index in [0.29, 0.717) is 17.7 Å². The number of sulfone groups is 1. The molecule has 0 saturated carbocycles. The Balaban J connectivity index is 1.52. The Morgan fingerprint density at radius 1 is 1.07 bits per heavy atom. The number of aliphatic hydroxyl groups excluding tert-OH is 1. The predicted octanol–water partition coefficient (Wildman–Crippen LogP) is 2.12. The van der Waals surface area contributed by atoms with Gasteiger partial charge in [0.25, 0.3) is 5.91 Å². The van der Waals surface area contributed by atoms with Crippen LogP contribution in [0, 0.1) is 0 Å². The summed E-state index contributed by atoms with van der Waals surface area (Å²) in [6.45, 7) is 3.10. The topological polar surface area (TPSA) is 86.7 Å². The molecule has 1 saturated heterocycles. The average molecular weight is 417 g/mol. The van der Waals surface area contributed by atoms with Gasteiger partial charge in [-0.15, -0.1) is 0 Å². The van der Waals surface area contributed by atoms with Crippen LogP contribution in [0.15, 0.2) is 48.5 Å². The molecule has 2 aromatic carbocycles. The molecule has 2 aromatic rings. The molecule has 0 atom stereocenters. The standard InChI is InChI=1S/C22H28N2O4S/c1-29(27,28)16-19-3-2-4-20(13-19)22(26)23-14-17-5-7-18(8-6-17)15-24-11-9-21(25)10-12-24/h2-8,13,21,25H,9-12,14-16H2,1H3,(H,23,26). The zero-order chi connectivity index (χ0) is 20.9. The molecule has 0 unspecified atom stereocenters. The van der Waals surface area contributed by atoms with Crippen LogP contribution in [-0.4, -0.2) is 49.8 Å². The Labute approximate surface area is 172 Å². The molecular formula is C22H28N2O4S. The van der Waals surface area contributed by atoms with Gasteiger partial charge in [0.2, 0.25) is 0 Å². The molecule has 7 heteroatoms. The van der Waals surface area contributed by atoms with Crippen molar-refractivity contribution in [3.8, 4) is 0 Å². The normalized spacial score (nSPS) is 15.9. The van der Waals surface area contributed by atoms with Gasteiger partial charge in [0.15, 0.2) is 9.84 Å². The Bertz CT molecular complexity index is 934. The summed E-state index contributed by atoms with van der Waals surface area (Å²) in [5.74, 6) is -0.303. The molecule has 0 bridgehead atoms. The minimum atomic E-state index is -3.14. The van der Waals surface area contributed by atoms with Gasteiger partial charge in [-0.1, -0.05) is 36.4 Å². The summed E-state index contributed by atoms with van der Waals surface area (Å²) in [6, 6.07) is 14.9. The van der Waals surface area contributed by atoms with Gasteiger partial charge < -0.3 is 10.4 Å². The van der Waals surface area contributed by atoms with E-state index in [-0.39, 0.29) is 17.8 Å².